The number of nitrogens with one attached hydrogen (secondary N) is 1. The van der Waals surface area contributed by atoms with Crippen molar-refractivity contribution in [2.75, 3.05) is 13.3 Å². The molecule has 1 aromatic carbocycles. The second-order valence-corrected chi connectivity index (χ2v) is 4.89. The summed E-state index contributed by atoms with van der Waals surface area (Å²) in [7, 11) is 0. The minimum atomic E-state index is -0.741. The number of ether oxygens (including phenoxy) is 2. The average molecular weight is 258 g/mol. The van der Waals surface area contributed by atoms with Gasteiger partial charge in [-0.1, -0.05) is 6.07 Å². The highest BCUT2D eigenvalue weighted by Gasteiger charge is 2.50. The summed E-state index contributed by atoms with van der Waals surface area (Å²) in [6, 6.07) is 7.84. The molecule has 98 valence electrons. The van der Waals surface area contributed by atoms with E-state index in [1.165, 1.54) is 0 Å². The normalized spacial score (nSPS) is 17.6. The first-order valence-corrected chi connectivity index (χ1v) is 6.32. The van der Waals surface area contributed by atoms with Crippen LogP contribution in [0.1, 0.15) is 18.4 Å². The third kappa shape index (κ3) is 2.22. The molecule has 19 heavy (non-hydrogen) atoms. The van der Waals surface area contributed by atoms with Crippen LogP contribution in [0.15, 0.2) is 18.2 Å². The molecule has 5 nitrogen and oxygen atoms in total. The highest BCUT2D eigenvalue weighted by molar-refractivity contribution is 5.88. The Kier molecular flexibility index (Phi) is 2.79. The van der Waals surface area contributed by atoms with Gasteiger partial charge < -0.3 is 14.8 Å². The van der Waals surface area contributed by atoms with Crippen molar-refractivity contribution in [3.8, 4) is 17.6 Å². The third-order valence-electron chi connectivity index (χ3n) is 3.53. The van der Waals surface area contributed by atoms with E-state index in [1.54, 1.807) is 0 Å². The number of rotatable bonds is 4. The first-order chi connectivity index (χ1) is 9.23. The number of nitriles is 1. The Balaban J connectivity index is 1.53. The van der Waals surface area contributed by atoms with Crippen molar-refractivity contribution in [2.24, 2.45) is 5.41 Å². The van der Waals surface area contributed by atoms with Crippen LogP contribution in [0.3, 0.4) is 0 Å². The highest BCUT2D eigenvalue weighted by Crippen LogP contribution is 2.44. The van der Waals surface area contributed by atoms with E-state index in [0.29, 0.717) is 25.8 Å². The molecule has 5 heteroatoms. The van der Waals surface area contributed by atoms with Crippen molar-refractivity contribution < 1.29 is 14.3 Å². The van der Waals surface area contributed by atoms with E-state index in [1.807, 2.05) is 18.2 Å². The number of benzene rings is 1. The van der Waals surface area contributed by atoms with Gasteiger partial charge in [0.2, 0.25) is 12.7 Å². The number of hydrogen-bond donors (Lipinski definition) is 1. The lowest BCUT2D eigenvalue weighted by Gasteiger charge is -2.08. The van der Waals surface area contributed by atoms with E-state index in [2.05, 4.69) is 11.4 Å². The maximum atomic E-state index is 11.8. The summed E-state index contributed by atoms with van der Waals surface area (Å²) in [5, 5.41) is 11.7. The fraction of sp³-hybridized carbons (Fsp3) is 0.429. The Hall–Kier alpha value is -2.22. The first-order valence-electron chi connectivity index (χ1n) is 6.32. The minimum absolute atomic E-state index is 0.143. The second-order valence-electron chi connectivity index (χ2n) is 4.89. The van der Waals surface area contributed by atoms with E-state index in [4.69, 9.17) is 14.7 Å². The van der Waals surface area contributed by atoms with Gasteiger partial charge >= 0.3 is 0 Å². The Morgan fingerprint density at radius 2 is 2.16 bits per heavy atom. The van der Waals surface area contributed by atoms with Crippen LogP contribution in [-0.2, 0) is 11.2 Å². The van der Waals surface area contributed by atoms with Crippen LogP contribution in [0.25, 0.3) is 0 Å². The van der Waals surface area contributed by atoms with Crippen LogP contribution < -0.4 is 14.8 Å². The van der Waals surface area contributed by atoms with Crippen molar-refractivity contribution >= 4 is 5.91 Å². The van der Waals surface area contributed by atoms with Crippen LogP contribution >= 0.6 is 0 Å². The van der Waals surface area contributed by atoms with Crippen molar-refractivity contribution in [2.45, 2.75) is 19.3 Å². The predicted molar refractivity (Wildman–Crippen MR) is 66.6 cm³/mol. The summed E-state index contributed by atoms with van der Waals surface area (Å²) in [5.41, 5.74) is 0.334. The van der Waals surface area contributed by atoms with Gasteiger partial charge in [0, 0.05) is 6.54 Å². The van der Waals surface area contributed by atoms with Crippen LogP contribution in [-0.4, -0.2) is 19.2 Å². The molecule has 3 rings (SSSR count). The van der Waals surface area contributed by atoms with Crippen molar-refractivity contribution in [1.29, 1.82) is 5.26 Å². The monoisotopic (exact) mass is 258 g/mol. The molecular formula is C14H14N2O3. The van der Waals surface area contributed by atoms with Gasteiger partial charge in [-0.3, -0.25) is 4.79 Å². The molecule has 1 aromatic rings. The van der Waals surface area contributed by atoms with E-state index in [9.17, 15) is 4.79 Å². The van der Waals surface area contributed by atoms with E-state index >= 15 is 0 Å². The zero-order chi connectivity index (χ0) is 13.3. The Bertz CT molecular complexity index is 558. The molecule has 0 atom stereocenters. The number of carbonyl (C=O) groups is 1. The standard InChI is InChI=1S/C14H14N2O3/c15-8-14(4-5-14)13(17)16-6-3-10-1-2-11-12(7-10)19-9-18-11/h1-2,7H,3-6,9H2,(H,16,17). The zero-order valence-corrected chi connectivity index (χ0v) is 10.4. The second kappa shape index (κ2) is 4.47. The lowest BCUT2D eigenvalue weighted by atomic mass is 10.1. The van der Waals surface area contributed by atoms with Gasteiger partial charge in [-0.05, 0) is 37.0 Å². The minimum Gasteiger partial charge on any atom is -0.454 e. The summed E-state index contributed by atoms with van der Waals surface area (Å²) in [6.45, 7) is 0.794. The molecule has 2 aliphatic rings. The molecule has 0 bridgehead atoms. The Morgan fingerprint density at radius 1 is 1.37 bits per heavy atom. The molecule has 1 saturated carbocycles. The molecule has 1 aliphatic heterocycles. The summed E-state index contributed by atoms with van der Waals surface area (Å²) in [5.74, 6) is 1.37. The number of hydrogen-bond acceptors (Lipinski definition) is 4. The SMILES string of the molecule is N#CC1(C(=O)NCCc2ccc3c(c2)OCO3)CC1. The predicted octanol–water partition coefficient (Wildman–Crippen LogP) is 1.38. The smallest absolute Gasteiger partial charge is 0.240 e. The van der Waals surface area contributed by atoms with Crippen LogP contribution in [0.4, 0.5) is 0 Å². The lowest BCUT2D eigenvalue weighted by molar-refractivity contribution is -0.124. The van der Waals surface area contributed by atoms with E-state index < -0.39 is 5.41 Å². The molecule has 1 heterocycles. The van der Waals surface area contributed by atoms with Crippen LogP contribution in [0, 0.1) is 16.7 Å². The molecule has 1 N–H and O–H groups in total. The fourth-order valence-electron chi connectivity index (χ4n) is 2.10. The van der Waals surface area contributed by atoms with Gasteiger partial charge in [-0.2, -0.15) is 5.26 Å². The summed E-state index contributed by atoms with van der Waals surface area (Å²) < 4.78 is 10.5. The van der Waals surface area contributed by atoms with Gasteiger partial charge in [0.1, 0.15) is 5.41 Å². The average Bonchev–Trinajstić information content (AvgIpc) is 3.10. The van der Waals surface area contributed by atoms with Crippen molar-refractivity contribution in [1.82, 2.24) is 5.32 Å². The molecule has 1 fully saturated rings. The topological polar surface area (TPSA) is 71.4 Å². The van der Waals surface area contributed by atoms with Gasteiger partial charge in [-0.25, -0.2) is 0 Å². The molecule has 1 amide bonds. The van der Waals surface area contributed by atoms with Crippen LogP contribution in [0.5, 0.6) is 11.5 Å². The number of carbonyl (C=O) groups excluding carboxylic acids is 1. The number of amides is 1. The summed E-state index contributed by atoms with van der Waals surface area (Å²) >= 11 is 0. The Morgan fingerprint density at radius 3 is 2.89 bits per heavy atom. The van der Waals surface area contributed by atoms with E-state index in [0.717, 1.165) is 17.1 Å². The molecule has 0 radical (unpaired) electrons. The zero-order valence-electron chi connectivity index (χ0n) is 10.4. The van der Waals surface area contributed by atoms with Gasteiger partial charge in [0.25, 0.3) is 0 Å². The largest absolute Gasteiger partial charge is 0.454 e. The maximum Gasteiger partial charge on any atom is 0.240 e. The van der Waals surface area contributed by atoms with Crippen molar-refractivity contribution in [3.05, 3.63) is 23.8 Å². The summed E-state index contributed by atoms with van der Waals surface area (Å²) in [4.78, 5) is 11.8. The molecular weight excluding hydrogens is 244 g/mol. The number of fused-ring (bicyclic) bond motifs is 1. The maximum absolute atomic E-state index is 11.8. The van der Waals surface area contributed by atoms with Crippen molar-refractivity contribution in [3.63, 3.8) is 0 Å². The summed E-state index contributed by atoms with van der Waals surface area (Å²) in [6.07, 6.45) is 2.07. The fourth-order valence-corrected chi connectivity index (χ4v) is 2.10. The highest BCUT2D eigenvalue weighted by atomic mass is 16.7. The van der Waals surface area contributed by atoms with Gasteiger partial charge in [-0.15, -0.1) is 0 Å². The van der Waals surface area contributed by atoms with E-state index in [-0.39, 0.29) is 12.7 Å². The molecule has 0 saturated heterocycles. The molecule has 0 aromatic heterocycles. The Labute approximate surface area is 111 Å². The number of nitrogens with zero attached hydrogens (tertiary/aromatic N) is 1. The quantitative estimate of drug-likeness (QED) is 0.885. The molecule has 0 unspecified atom stereocenters. The molecule has 0 spiro atoms. The van der Waals surface area contributed by atoms with Crippen LogP contribution in [0.2, 0.25) is 0 Å². The third-order valence-corrected chi connectivity index (χ3v) is 3.53. The van der Waals surface area contributed by atoms with Gasteiger partial charge in [0.05, 0.1) is 6.07 Å². The first kappa shape index (κ1) is 11.8. The lowest BCUT2D eigenvalue weighted by Crippen LogP contribution is -2.32. The van der Waals surface area contributed by atoms with Gasteiger partial charge in [0.15, 0.2) is 11.5 Å². The molecule has 1 aliphatic carbocycles.